The molecule has 0 aliphatic carbocycles. The van der Waals surface area contributed by atoms with Gasteiger partial charge in [-0.25, -0.2) is 4.79 Å². The lowest BCUT2D eigenvalue weighted by atomic mass is 9.85. The van der Waals surface area contributed by atoms with Crippen molar-refractivity contribution >= 4 is 17.0 Å². The number of methoxy groups -OCH3 is 1. The predicted octanol–water partition coefficient (Wildman–Crippen LogP) is 2.97. The van der Waals surface area contributed by atoms with Gasteiger partial charge in [0.05, 0.1) is 23.1 Å². The summed E-state index contributed by atoms with van der Waals surface area (Å²) in [5, 5.41) is 0. The minimum atomic E-state index is -4.48. The summed E-state index contributed by atoms with van der Waals surface area (Å²) in [4.78, 5) is 33.3. The molecule has 5 rings (SSSR count). The van der Waals surface area contributed by atoms with E-state index in [0.29, 0.717) is 61.4 Å². The second-order valence-corrected chi connectivity index (χ2v) is 9.71. The van der Waals surface area contributed by atoms with Crippen LogP contribution in [0.1, 0.15) is 28.8 Å². The Balaban J connectivity index is 1.32. The van der Waals surface area contributed by atoms with E-state index in [1.807, 2.05) is 18.2 Å². The molecule has 1 aromatic carbocycles. The number of ether oxygens (including phenoxy) is 1. The summed E-state index contributed by atoms with van der Waals surface area (Å²) in [5.41, 5.74) is 1.62. The van der Waals surface area contributed by atoms with Crippen LogP contribution in [0.25, 0.3) is 11.1 Å². The van der Waals surface area contributed by atoms with Gasteiger partial charge in [-0.2, -0.15) is 13.2 Å². The first kappa shape index (κ1) is 24.5. The van der Waals surface area contributed by atoms with Crippen LogP contribution in [0.15, 0.2) is 39.7 Å². The van der Waals surface area contributed by atoms with Crippen LogP contribution >= 0.6 is 0 Å². The van der Waals surface area contributed by atoms with Crippen LogP contribution in [-0.2, 0) is 42.3 Å². The maximum absolute atomic E-state index is 13.7. The molecule has 4 heterocycles. The highest BCUT2D eigenvalue weighted by atomic mass is 19.4. The first-order valence-corrected chi connectivity index (χ1v) is 11.7. The second kappa shape index (κ2) is 9.04. The van der Waals surface area contributed by atoms with E-state index in [0.717, 1.165) is 17.8 Å². The molecule has 2 aromatic heterocycles. The zero-order chi connectivity index (χ0) is 25.7. The van der Waals surface area contributed by atoms with Gasteiger partial charge >= 0.3 is 11.9 Å². The van der Waals surface area contributed by atoms with E-state index in [1.54, 1.807) is 19.1 Å². The summed E-state index contributed by atoms with van der Waals surface area (Å²) in [6, 6.07) is 6.71. The van der Waals surface area contributed by atoms with Gasteiger partial charge in [-0.3, -0.25) is 19.2 Å². The van der Waals surface area contributed by atoms with Crippen LogP contribution < -0.4 is 5.76 Å². The number of amides is 1. The van der Waals surface area contributed by atoms with Crippen molar-refractivity contribution in [3.8, 4) is 0 Å². The molecule has 3 aromatic rings. The molecule has 1 amide bonds. The SMILES string of the molecule is COCC1(C(=O)N2CCc3ncc(C(F)(F)F)cc3C2)CCN(Cc2ccc3c(c2)oc(=O)n3C)C1. The Morgan fingerprint density at radius 3 is 2.81 bits per heavy atom. The van der Waals surface area contributed by atoms with Crippen molar-refractivity contribution in [2.45, 2.75) is 32.1 Å². The average Bonchev–Trinajstić information content (AvgIpc) is 3.38. The molecule has 1 saturated heterocycles. The van der Waals surface area contributed by atoms with E-state index in [-0.39, 0.29) is 19.1 Å². The number of hydrogen-bond donors (Lipinski definition) is 0. The van der Waals surface area contributed by atoms with E-state index in [4.69, 9.17) is 9.15 Å². The summed E-state index contributed by atoms with van der Waals surface area (Å²) in [7, 11) is 3.20. The lowest BCUT2D eigenvalue weighted by molar-refractivity contribution is -0.145. The first-order valence-electron chi connectivity index (χ1n) is 11.7. The topological polar surface area (TPSA) is 80.8 Å². The minimum absolute atomic E-state index is 0.0975. The smallest absolute Gasteiger partial charge is 0.408 e. The molecule has 1 atom stereocenters. The fraction of sp³-hybridized carbons (Fsp3) is 0.480. The Hall–Kier alpha value is -3.18. The Morgan fingerprint density at radius 2 is 2.06 bits per heavy atom. The fourth-order valence-corrected chi connectivity index (χ4v) is 5.35. The van der Waals surface area contributed by atoms with Gasteiger partial charge < -0.3 is 14.1 Å². The molecular weight excluding hydrogens is 477 g/mol. The Morgan fingerprint density at radius 1 is 1.25 bits per heavy atom. The number of nitrogens with zero attached hydrogens (tertiary/aromatic N) is 4. The maximum atomic E-state index is 13.7. The molecule has 0 N–H and O–H groups in total. The molecule has 0 saturated carbocycles. The highest BCUT2D eigenvalue weighted by Gasteiger charge is 2.47. The van der Waals surface area contributed by atoms with E-state index in [2.05, 4.69) is 9.88 Å². The van der Waals surface area contributed by atoms with E-state index in [9.17, 15) is 22.8 Å². The van der Waals surface area contributed by atoms with E-state index in [1.165, 1.54) is 4.57 Å². The van der Waals surface area contributed by atoms with Crippen LogP contribution in [0.5, 0.6) is 0 Å². The number of aromatic nitrogens is 2. The number of halogens is 3. The number of carbonyl (C=O) groups excluding carboxylic acids is 1. The summed E-state index contributed by atoms with van der Waals surface area (Å²) in [6.07, 6.45) is -2.64. The molecule has 1 fully saturated rings. The van der Waals surface area contributed by atoms with Crippen LogP contribution in [-0.4, -0.2) is 58.6 Å². The van der Waals surface area contributed by atoms with E-state index >= 15 is 0 Å². The van der Waals surface area contributed by atoms with Crippen molar-refractivity contribution < 1.29 is 27.1 Å². The number of aryl methyl sites for hydroxylation is 1. The number of pyridine rings is 1. The number of fused-ring (bicyclic) bond motifs is 2. The van der Waals surface area contributed by atoms with Gasteiger partial charge in [0.1, 0.15) is 0 Å². The molecule has 0 spiro atoms. The molecule has 11 heteroatoms. The summed E-state index contributed by atoms with van der Waals surface area (Å²) < 4.78 is 51.8. The number of rotatable bonds is 5. The van der Waals surface area contributed by atoms with Gasteiger partial charge in [0.2, 0.25) is 5.91 Å². The maximum Gasteiger partial charge on any atom is 0.419 e. The molecule has 192 valence electrons. The van der Waals surface area contributed by atoms with Gasteiger partial charge in [0, 0.05) is 58.6 Å². The van der Waals surface area contributed by atoms with Crippen molar-refractivity contribution in [1.29, 1.82) is 0 Å². The second-order valence-electron chi connectivity index (χ2n) is 9.71. The Kier molecular flexibility index (Phi) is 6.16. The zero-order valence-electron chi connectivity index (χ0n) is 20.1. The molecule has 2 aliphatic rings. The summed E-state index contributed by atoms with van der Waals surface area (Å²) in [5.74, 6) is -0.534. The zero-order valence-corrected chi connectivity index (χ0v) is 20.1. The molecular formula is C25H27F3N4O4. The van der Waals surface area contributed by atoms with Crippen LogP contribution in [0, 0.1) is 5.41 Å². The Bertz CT molecular complexity index is 1370. The van der Waals surface area contributed by atoms with Gasteiger partial charge in [0.25, 0.3) is 0 Å². The first-order chi connectivity index (χ1) is 17.1. The number of carbonyl (C=O) groups is 1. The normalized spacial score (nSPS) is 20.8. The Labute approximate surface area is 205 Å². The van der Waals surface area contributed by atoms with Crippen molar-refractivity contribution in [2.75, 3.05) is 33.4 Å². The monoisotopic (exact) mass is 504 g/mol. The predicted molar refractivity (Wildman–Crippen MR) is 124 cm³/mol. The third kappa shape index (κ3) is 4.41. The summed E-state index contributed by atoms with van der Waals surface area (Å²) >= 11 is 0. The summed E-state index contributed by atoms with van der Waals surface area (Å²) in [6.45, 7) is 2.41. The third-order valence-electron chi connectivity index (χ3n) is 7.22. The van der Waals surface area contributed by atoms with Crippen LogP contribution in [0.4, 0.5) is 13.2 Å². The molecule has 0 radical (unpaired) electrons. The number of alkyl halides is 3. The van der Waals surface area contributed by atoms with Gasteiger partial charge in [-0.1, -0.05) is 6.07 Å². The minimum Gasteiger partial charge on any atom is -0.408 e. The quantitative estimate of drug-likeness (QED) is 0.532. The van der Waals surface area contributed by atoms with Gasteiger partial charge in [-0.15, -0.1) is 0 Å². The van der Waals surface area contributed by atoms with Gasteiger partial charge in [0.15, 0.2) is 5.58 Å². The van der Waals surface area contributed by atoms with Crippen molar-refractivity contribution in [1.82, 2.24) is 19.4 Å². The molecule has 36 heavy (non-hydrogen) atoms. The highest BCUT2D eigenvalue weighted by molar-refractivity contribution is 5.84. The molecule has 2 aliphatic heterocycles. The van der Waals surface area contributed by atoms with Crippen molar-refractivity contribution in [3.63, 3.8) is 0 Å². The van der Waals surface area contributed by atoms with Crippen molar-refractivity contribution in [3.05, 3.63) is 63.4 Å². The fourth-order valence-electron chi connectivity index (χ4n) is 5.35. The van der Waals surface area contributed by atoms with Crippen LogP contribution in [0.2, 0.25) is 0 Å². The number of likely N-dealkylation sites (tertiary alicyclic amines) is 1. The number of hydrogen-bond acceptors (Lipinski definition) is 6. The lowest BCUT2D eigenvalue weighted by Gasteiger charge is -2.36. The molecule has 0 bridgehead atoms. The lowest BCUT2D eigenvalue weighted by Crippen LogP contribution is -2.49. The standard InChI is InChI=1S/C25H27F3N4O4/c1-30-20-4-3-16(9-21(20)36-23(30)34)12-31-8-6-24(14-31,15-35-2)22(33)32-7-5-19-17(13-32)10-18(11-29-19)25(26,27)28/h3-4,9-11H,5-8,12-15H2,1-2H3. The molecule has 8 nitrogen and oxygen atoms in total. The molecule has 1 unspecified atom stereocenters. The number of benzene rings is 1. The van der Waals surface area contributed by atoms with E-state index < -0.39 is 22.9 Å². The highest BCUT2D eigenvalue weighted by Crippen LogP contribution is 2.36. The average molecular weight is 505 g/mol. The van der Waals surface area contributed by atoms with Gasteiger partial charge in [-0.05, 0) is 42.3 Å². The third-order valence-corrected chi connectivity index (χ3v) is 7.22. The number of oxazole rings is 1. The van der Waals surface area contributed by atoms with Crippen molar-refractivity contribution in [2.24, 2.45) is 12.5 Å². The largest absolute Gasteiger partial charge is 0.419 e. The van der Waals surface area contributed by atoms with Crippen LogP contribution in [0.3, 0.4) is 0 Å².